The van der Waals surface area contributed by atoms with Crippen molar-refractivity contribution in [3.05, 3.63) is 34.1 Å². The van der Waals surface area contributed by atoms with Crippen LogP contribution in [0.15, 0.2) is 12.1 Å². The largest absolute Gasteiger partial charge is 0.355 e. The molecule has 0 saturated carbocycles. The first-order valence-electron chi connectivity index (χ1n) is 4.00. The van der Waals surface area contributed by atoms with E-state index in [2.05, 4.69) is 5.32 Å². The molecule has 0 fully saturated rings. The summed E-state index contributed by atoms with van der Waals surface area (Å²) in [7, 11) is 1.49. The third-order valence-electron chi connectivity index (χ3n) is 1.81. The van der Waals surface area contributed by atoms with Crippen molar-refractivity contribution < 1.29 is 9.18 Å². The molecule has 0 heterocycles. The molecule has 0 aromatic heterocycles. The number of carbonyl (C=O) groups excluding carboxylic acids is 1. The van der Waals surface area contributed by atoms with E-state index < -0.39 is 5.82 Å². The lowest BCUT2D eigenvalue weighted by Crippen LogP contribution is -2.18. The Balaban J connectivity index is 3.22. The Kier molecular flexibility index (Phi) is 3.43. The van der Waals surface area contributed by atoms with Crippen LogP contribution in [0.1, 0.15) is 15.9 Å². The van der Waals surface area contributed by atoms with E-state index >= 15 is 0 Å². The van der Waals surface area contributed by atoms with E-state index in [0.717, 1.165) is 0 Å². The molecule has 3 N–H and O–H groups in total. The minimum Gasteiger partial charge on any atom is -0.355 e. The molecule has 1 aromatic rings. The quantitative estimate of drug-likeness (QED) is 0.783. The van der Waals surface area contributed by atoms with Gasteiger partial charge in [-0.1, -0.05) is 11.6 Å². The molecule has 1 rings (SSSR count). The summed E-state index contributed by atoms with van der Waals surface area (Å²) < 4.78 is 13.2. The van der Waals surface area contributed by atoms with Crippen molar-refractivity contribution >= 4 is 17.5 Å². The Morgan fingerprint density at radius 3 is 2.79 bits per heavy atom. The van der Waals surface area contributed by atoms with Gasteiger partial charge in [0.05, 0.1) is 5.02 Å². The van der Waals surface area contributed by atoms with E-state index in [1.807, 2.05) is 0 Å². The normalized spacial score (nSPS) is 10.0. The summed E-state index contributed by atoms with van der Waals surface area (Å²) in [5.41, 5.74) is 5.84. The summed E-state index contributed by atoms with van der Waals surface area (Å²) in [6, 6.07) is 2.66. The summed E-state index contributed by atoms with van der Waals surface area (Å²) in [6.45, 7) is 0.0103. The van der Waals surface area contributed by atoms with Gasteiger partial charge in [-0.15, -0.1) is 0 Å². The van der Waals surface area contributed by atoms with Crippen molar-refractivity contribution in [1.29, 1.82) is 0 Å². The topological polar surface area (TPSA) is 55.1 Å². The number of carbonyl (C=O) groups is 1. The second-order valence-electron chi connectivity index (χ2n) is 2.71. The zero-order chi connectivity index (χ0) is 10.7. The smallest absolute Gasteiger partial charge is 0.251 e. The molecule has 0 aliphatic rings. The Bertz CT molecular complexity index is 368. The highest BCUT2D eigenvalue weighted by atomic mass is 35.5. The van der Waals surface area contributed by atoms with Crippen LogP contribution in [0.2, 0.25) is 5.02 Å². The summed E-state index contributed by atoms with van der Waals surface area (Å²) in [6.07, 6.45) is 0. The molecule has 0 radical (unpaired) electrons. The average Bonchev–Trinajstić information content (AvgIpc) is 2.20. The van der Waals surface area contributed by atoms with E-state index in [4.69, 9.17) is 17.3 Å². The van der Waals surface area contributed by atoms with Gasteiger partial charge in [-0.3, -0.25) is 4.79 Å². The highest BCUT2D eigenvalue weighted by Crippen LogP contribution is 2.20. The number of hydrogen-bond donors (Lipinski definition) is 2. The molecule has 1 aromatic carbocycles. The highest BCUT2D eigenvalue weighted by molar-refractivity contribution is 6.31. The summed E-state index contributed by atoms with van der Waals surface area (Å²) >= 11 is 5.59. The van der Waals surface area contributed by atoms with E-state index in [0.29, 0.717) is 5.56 Å². The molecule has 76 valence electrons. The predicted octanol–water partition coefficient (Wildman–Crippen LogP) is 1.30. The molecule has 0 unspecified atom stereocenters. The second-order valence-corrected chi connectivity index (χ2v) is 3.12. The maximum Gasteiger partial charge on any atom is 0.251 e. The second kappa shape index (κ2) is 4.39. The van der Waals surface area contributed by atoms with Gasteiger partial charge in [-0.25, -0.2) is 4.39 Å². The van der Waals surface area contributed by atoms with E-state index in [1.54, 1.807) is 0 Å². The third-order valence-corrected chi connectivity index (χ3v) is 2.09. The summed E-state index contributed by atoms with van der Waals surface area (Å²) in [5.74, 6) is -0.886. The van der Waals surface area contributed by atoms with Crippen LogP contribution in [0.4, 0.5) is 4.39 Å². The number of nitrogens with one attached hydrogen (secondary N) is 1. The summed E-state index contributed by atoms with van der Waals surface area (Å²) in [5, 5.41) is 2.33. The molecule has 1 amide bonds. The number of benzene rings is 1. The van der Waals surface area contributed by atoms with Crippen molar-refractivity contribution in [3.8, 4) is 0 Å². The molecular formula is C9H10ClFN2O. The van der Waals surface area contributed by atoms with Crippen LogP contribution in [-0.2, 0) is 6.54 Å². The van der Waals surface area contributed by atoms with Gasteiger partial charge in [0.15, 0.2) is 0 Å². The lowest BCUT2D eigenvalue weighted by atomic mass is 10.1. The molecular weight excluding hydrogens is 207 g/mol. The SMILES string of the molecule is CNC(=O)c1cc(Cl)c(F)c(CN)c1. The van der Waals surface area contributed by atoms with Crippen LogP contribution >= 0.6 is 11.6 Å². The number of halogens is 2. The van der Waals surface area contributed by atoms with Gasteiger partial charge in [-0.2, -0.15) is 0 Å². The standard InChI is InChI=1S/C9H10ClFN2O/c1-13-9(14)5-2-6(4-12)8(11)7(10)3-5/h2-3H,4,12H2,1H3,(H,13,14). The molecule has 0 spiro atoms. The van der Waals surface area contributed by atoms with Crippen molar-refractivity contribution in [3.63, 3.8) is 0 Å². The maximum atomic E-state index is 13.2. The Morgan fingerprint density at radius 2 is 2.29 bits per heavy atom. The number of hydrogen-bond acceptors (Lipinski definition) is 2. The minimum atomic E-state index is -0.568. The van der Waals surface area contributed by atoms with Crippen LogP contribution in [0.25, 0.3) is 0 Å². The lowest BCUT2D eigenvalue weighted by Gasteiger charge is -2.05. The van der Waals surface area contributed by atoms with Crippen LogP contribution in [0.3, 0.4) is 0 Å². The van der Waals surface area contributed by atoms with Crippen molar-refractivity contribution in [1.82, 2.24) is 5.32 Å². The molecule has 0 atom stereocenters. The Morgan fingerprint density at radius 1 is 1.64 bits per heavy atom. The fraction of sp³-hybridized carbons (Fsp3) is 0.222. The van der Waals surface area contributed by atoms with Crippen molar-refractivity contribution in [2.45, 2.75) is 6.54 Å². The maximum absolute atomic E-state index is 13.2. The number of amides is 1. The molecule has 14 heavy (non-hydrogen) atoms. The van der Waals surface area contributed by atoms with Crippen molar-refractivity contribution in [2.24, 2.45) is 5.73 Å². The van der Waals surface area contributed by atoms with Gasteiger partial charge < -0.3 is 11.1 Å². The molecule has 5 heteroatoms. The first kappa shape index (κ1) is 10.9. The minimum absolute atomic E-state index is 0.0103. The molecule has 0 aliphatic carbocycles. The number of nitrogens with two attached hydrogens (primary N) is 1. The Hall–Kier alpha value is -1.13. The Labute approximate surface area is 86.0 Å². The van der Waals surface area contributed by atoms with Crippen LogP contribution in [-0.4, -0.2) is 13.0 Å². The van der Waals surface area contributed by atoms with Gasteiger partial charge in [0.1, 0.15) is 5.82 Å². The van der Waals surface area contributed by atoms with Crippen LogP contribution < -0.4 is 11.1 Å². The fourth-order valence-corrected chi connectivity index (χ4v) is 1.31. The van der Waals surface area contributed by atoms with E-state index in [-0.39, 0.29) is 23.0 Å². The third kappa shape index (κ3) is 2.02. The van der Waals surface area contributed by atoms with Gasteiger partial charge in [-0.05, 0) is 12.1 Å². The van der Waals surface area contributed by atoms with Gasteiger partial charge in [0.2, 0.25) is 0 Å². The summed E-state index contributed by atoms with van der Waals surface area (Å²) in [4.78, 5) is 11.2. The molecule has 0 bridgehead atoms. The highest BCUT2D eigenvalue weighted by Gasteiger charge is 2.11. The van der Waals surface area contributed by atoms with Crippen LogP contribution in [0.5, 0.6) is 0 Å². The monoisotopic (exact) mass is 216 g/mol. The van der Waals surface area contributed by atoms with Gasteiger partial charge in [0, 0.05) is 24.7 Å². The van der Waals surface area contributed by atoms with Crippen molar-refractivity contribution in [2.75, 3.05) is 7.05 Å². The first-order valence-corrected chi connectivity index (χ1v) is 4.38. The van der Waals surface area contributed by atoms with E-state index in [9.17, 15) is 9.18 Å². The number of rotatable bonds is 2. The predicted molar refractivity (Wildman–Crippen MR) is 52.7 cm³/mol. The molecule has 0 aliphatic heterocycles. The first-order chi connectivity index (χ1) is 6.60. The fourth-order valence-electron chi connectivity index (χ4n) is 1.07. The van der Waals surface area contributed by atoms with Gasteiger partial charge >= 0.3 is 0 Å². The lowest BCUT2D eigenvalue weighted by molar-refractivity contribution is 0.0963. The molecule has 3 nitrogen and oxygen atoms in total. The average molecular weight is 217 g/mol. The zero-order valence-electron chi connectivity index (χ0n) is 7.60. The van der Waals surface area contributed by atoms with Crippen LogP contribution in [0, 0.1) is 5.82 Å². The van der Waals surface area contributed by atoms with Gasteiger partial charge in [0.25, 0.3) is 5.91 Å². The molecule has 0 saturated heterocycles. The van der Waals surface area contributed by atoms with E-state index in [1.165, 1.54) is 19.2 Å². The zero-order valence-corrected chi connectivity index (χ0v) is 8.36.